The van der Waals surface area contributed by atoms with E-state index in [-0.39, 0.29) is 5.41 Å². The van der Waals surface area contributed by atoms with Gasteiger partial charge in [0.15, 0.2) is 6.20 Å². The summed E-state index contributed by atoms with van der Waals surface area (Å²) in [5.74, 6) is 0. The summed E-state index contributed by atoms with van der Waals surface area (Å²) in [6.45, 7) is 4.40. The van der Waals surface area contributed by atoms with Gasteiger partial charge in [-0.1, -0.05) is 60.9 Å². The highest BCUT2D eigenvalue weighted by molar-refractivity contribution is 5.88. The van der Waals surface area contributed by atoms with Gasteiger partial charge in [-0.3, -0.25) is 4.98 Å². The highest BCUT2D eigenvalue weighted by atomic mass is 14.9. The van der Waals surface area contributed by atoms with Gasteiger partial charge in [0.25, 0.3) is 0 Å². The van der Waals surface area contributed by atoms with Crippen molar-refractivity contribution >= 4 is 0 Å². The van der Waals surface area contributed by atoms with Gasteiger partial charge < -0.3 is 0 Å². The van der Waals surface area contributed by atoms with Crippen LogP contribution in [0, 0.1) is 13.8 Å². The molecule has 0 unspecified atom stereocenters. The number of fused-ring (bicyclic) bond motifs is 5. The molecule has 4 aromatic rings. The summed E-state index contributed by atoms with van der Waals surface area (Å²) < 4.78 is 2.32. The molecule has 0 radical (unpaired) electrons. The Labute approximate surface area is 190 Å². The second kappa shape index (κ2) is 7.13. The van der Waals surface area contributed by atoms with E-state index < -0.39 is 0 Å². The largest absolute Gasteiger partial charge is 0.260 e. The lowest BCUT2D eigenvalue weighted by Crippen LogP contribution is -2.32. The van der Waals surface area contributed by atoms with Gasteiger partial charge in [-0.25, -0.2) is 4.57 Å². The third-order valence-corrected chi connectivity index (χ3v) is 7.68. The average molecular weight is 418 g/mol. The lowest BCUT2D eigenvalue weighted by atomic mass is 9.75. The van der Waals surface area contributed by atoms with E-state index >= 15 is 0 Å². The minimum Gasteiger partial charge on any atom is -0.260 e. The molecule has 2 aromatic heterocycles. The monoisotopic (exact) mass is 417 g/mol. The van der Waals surface area contributed by atoms with Gasteiger partial charge in [0.2, 0.25) is 5.69 Å². The normalized spacial score (nSPS) is 15.7. The van der Waals surface area contributed by atoms with Crippen molar-refractivity contribution in [2.24, 2.45) is 7.05 Å². The summed E-state index contributed by atoms with van der Waals surface area (Å²) in [6.07, 6.45) is 9.22. The molecular weight excluding hydrogens is 388 g/mol. The highest BCUT2D eigenvalue weighted by Gasteiger charge is 2.48. The predicted octanol–water partition coefficient (Wildman–Crippen LogP) is 6.70. The van der Waals surface area contributed by atoms with Crippen LogP contribution in [0.4, 0.5) is 0 Å². The molecule has 6 rings (SSSR count). The quantitative estimate of drug-likeness (QED) is 0.332. The molecule has 2 nitrogen and oxygen atoms in total. The van der Waals surface area contributed by atoms with E-state index in [0.29, 0.717) is 0 Å². The topological polar surface area (TPSA) is 16.8 Å². The standard InChI is InChI=1S/C30H29N2/c1-20-8-11-22(12-9-20)23-13-15-26(32(3)19-23)27-21(2)10-14-24-25-7-6-18-31-29(25)30(28(24)27)16-4-5-17-30/h6-15,18-19H,4-5,16-17H2,1-3H3/q+1. The molecule has 2 aliphatic rings. The summed E-state index contributed by atoms with van der Waals surface area (Å²) in [4.78, 5) is 4.95. The van der Waals surface area contributed by atoms with E-state index in [1.165, 1.54) is 81.6 Å². The Morgan fingerprint density at radius 3 is 2.31 bits per heavy atom. The number of rotatable bonds is 2. The van der Waals surface area contributed by atoms with Crippen molar-refractivity contribution in [3.63, 3.8) is 0 Å². The van der Waals surface area contributed by atoms with E-state index in [4.69, 9.17) is 4.98 Å². The molecular formula is C30H29N2+. The van der Waals surface area contributed by atoms with Crippen LogP contribution in [0.1, 0.15) is 48.1 Å². The molecule has 2 aromatic carbocycles. The highest BCUT2D eigenvalue weighted by Crippen LogP contribution is 2.58. The Morgan fingerprint density at radius 1 is 0.812 bits per heavy atom. The molecule has 32 heavy (non-hydrogen) atoms. The molecule has 0 atom stereocenters. The number of hydrogen-bond donors (Lipinski definition) is 0. The number of hydrogen-bond acceptors (Lipinski definition) is 1. The first kappa shape index (κ1) is 19.4. The van der Waals surface area contributed by atoms with Crippen molar-refractivity contribution in [1.29, 1.82) is 0 Å². The van der Waals surface area contributed by atoms with Crippen LogP contribution < -0.4 is 4.57 Å². The maximum atomic E-state index is 4.95. The minimum atomic E-state index is 0.0654. The van der Waals surface area contributed by atoms with Crippen LogP contribution in [0.15, 0.2) is 73.1 Å². The molecule has 1 fully saturated rings. The Hall–Kier alpha value is -3.26. The lowest BCUT2D eigenvalue weighted by molar-refractivity contribution is -0.659. The first-order chi connectivity index (χ1) is 15.6. The number of aryl methyl sites for hydroxylation is 3. The number of nitrogens with zero attached hydrogens (tertiary/aromatic N) is 2. The van der Waals surface area contributed by atoms with Gasteiger partial charge in [-0.05, 0) is 61.1 Å². The third kappa shape index (κ3) is 2.72. The first-order valence-electron chi connectivity index (χ1n) is 11.8. The Morgan fingerprint density at radius 2 is 1.56 bits per heavy atom. The molecule has 0 N–H and O–H groups in total. The van der Waals surface area contributed by atoms with Gasteiger partial charge >= 0.3 is 0 Å². The minimum absolute atomic E-state index is 0.0654. The molecule has 1 spiro atoms. The average Bonchev–Trinajstić information content (AvgIpc) is 3.40. The molecule has 0 aliphatic heterocycles. The number of pyridine rings is 2. The molecule has 0 saturated heterocycles. The maximum absolute atomic E-state index is 4.95. The van der Waals surface area contributed by atoms with E-state index in [2.05, 4.69) is 92.3 Å². The molecule has 0 amide bonds. The fraction of sp³-hybridized carbons (Fsp3) is 0.267. The molecule has 2 heterocycles. The molecule has 158 valence electrons. The summed E-state index contributed by atoms with van der Waals surface area (Å²) in [7, 11) is 2.19. The zero-order valence-corrected chi connectivity index (χ0v) is 19.2. The van der Waals surface area contributed by atoms with Gasteiger partial charge in [0, 0.05) is 28.8 Å². The summed E-state index contributed by atoms with van der Waals surface area (Å²) in [6, 6.07) is 22.4. The second-order valence-electron chi connectivity index (χ2n) is 9.65. The van der Waals surface area contributed by atoms with Crippen molar-refractivity contribution in [3.05, 3.63) is 95.4 Å². The zero-order valence-electron chi connectivity index (χ0n) is 19.2. The van der Waals surface area contributed by atoms with E-state index in [1.54, 1.807) is 0 Å². The van der Waals surface area contributed by atoms with Crippen molar-refractivity contribution in [2.75, 3.05) is 0 Å². The second-order valence-corrected chi connectivity index (χ2v) is 9.65. The van der Waals surface area contributed by atoms with Crippen molar-refractivity contribution < 1.29 is 4.57 Å². The van der Waals surface area contributed by atoms with Crippen molar-refractivity contribution in [3.8, 4) is 33.5 Å². The van der Waals surface area contributed by atoms with Gasteiger partial charge in [-0.15, -0.1) is 0 Å². The number of benzene rings is 2. The summed E-state index contributed by atoms with van der Waals surface area (Å²) in [5.41, 5.74) is 13.5. The molecule has 2 aliphatic carbocycles. The smallest absolute Gasteiger partial charge is 0.212 e. The van der Waals surface area contributed by atoms with Gasteiger partial charge in [-0.2, -0.15) is 0 Å². The van der Waals surface area contributed by atoms with Crippen LogP contribution in [-0.2, 0) is 12.5 Å². The Balaban J connectivity index is 1.57. The van der Waals surface area contributed by atoms with Crippen molar-refractivity contribution in [2.45, 2.75) is 44.9 Å². The summed E-state index contributed by atoms with van der Waals surface area (Å²) >= 11 is 0. The fourth-order valence-electron chi connectivity index (χ4n) is 6.13. The van der Waals surface area contributed by atoms with Crippen LogP contribution in [0.2, 0.25) is 0 Å². The van der Waals surface area contributed by atoms with E-state index in [1.807, 2.05) is 6.20 Å². The third-order valence-electron chi connectivity index (χ3n) is 7.68. The lowest BCUT2D eigenvalue weighted by Gasteiger charge is -2.27. The molecule has 1 saturated carbocycles. The van der Waals surface area contributed by atoms with E-state index in [9.17, 15) is 0 Å². The fourth-order valence-corrected chi connectivity index (χ4v) is 6.13. The first-order valence-corrected chi connectivity index (χ1v) is 11.8. The number of aromatic nitrogens is 2. The van der Waals surface area contributed by atoms with Crippen LogP contribution in [0.25, 0.3) is 33.5 Å². The van der Waals surface area contributed by atoms with Crippen LogP contribution in [-0.4, -0.2) is 4.98 Å². The van der Waals surface area contributed by atoms with Gasteiger partial charge in [0.1, 0.15) is 7.05 Å². The van der Waals surface area contributed by atoms with Crippen LogP contribution in [0.5, 0.6) is 0 Å². The Bertz CT molecular complexity index is 1340. The zero-order chi connectivity index (χ0) is 21.9. The van der Waals surface area contributed by atoms with Crippen molar-refractivity contribution in [1.82, 2.24) is 4.98 Å². The van der Waals surface area contributed by atoms with E-state index in [0.717, 1.165) is 0 Å². The maximum Gasteiger partial charge on any atom is 0.212 e. The molecule has 0 bridgehead atoms. The predicted molar refractivity (Wildman–Crippen MR) is 130 cm³/mol. The summed E-state index contributed by atoms with van der Waals surface area (Å²) in [5, 5.41) is 0. The molecule has 2 heteroatoms. The van der Waals surface area contributed by atoms with Crippen LogP contribution in [0.3, 0.4) is 0 Å². The van der Waals surface area contributed by atoms with Crippen LogP contribution >= 0.6 is 0 Å². The Kier molecular flexibility index (Phi) is 4.33. The SMILES string of the molecule is Cc1ccc(-c2ccc(-c3c(C)ccc4c3C3(CCCC3)c3ncccc3-4)[n+](C)c2)cc1. The van der Waals surface area contributed by atoms with Gasteiger partial charge in [0.05, 0.1) is 11.3 Å².